The highest BCUT2D eigenvalue weighted by Gasteiger charge is 2.14. The molecule has 0 fully saturated rings. The van der Waals surface area contributed by atoms with E-state index in [0.717, 1.165) is 29.2 Å². The van der Waals surface area contributed by atoms with Crippen molar-refractivity contribution >= 4 is 28.8 Å². The molecule has 108 valence electrons. The molecule has 1 aromatic heterocycles. The lowest BCUT2D eigenvalue weighted by Crippen LogP contribution is -2.03. The first-order chi connectivity index (χ1) is 9.47. The molecule has 0 aliphatic heterocycles. The second-order valence-electron chi connectivity index (χ2n) is 4.61. The van der Waals surface area contributed by atoms with Crippen molar-refractivity contribution in [3.63, 3.8) is 0 Å². The summed E-state index contributed by atoms with van der Waals surface area (Å²) >= 11 is 6.11. The van der Waals surface area contributed by atoms with Gasteiger partial charge in [-0.3, -0.25) is 4.68 Å². The first kappa shape index (κ1) is 14.5. The molecule has 1 aromatic carbocycles. The highest BCUT2D eigenvalue weighted by molar-refractivity contribution is 6.31. The van der Waals surface area contributed by atoms with Gasteiger partial charge in [-0.1, -0.05) is 18.5 Å². The SMILES string of the molecule is CCc1nn(C)c(Nc2cc(C)c(Cl)cc2OC)c1N. The molecule has 0 atom stereocenters. The highest BCUT2D eigenvalue weighted by atomic mass is 35.5. The zero-order valence-corrected chi connectivity index (χ0v) is 12.9. The Labute approximate surface area is 123 Å². The minimum Gasteiger partial charge on any atom is -0.495 e. The zero-order valence-electron chi connectivity index (χ0n) is 12.1. The molecule has 0 saturated heterocycles. The smallest absolute Gasteiger partial charge is 0.152 e. The van der Waals surface area contributed by atoms with Crippen LogP contribution in [-0.4, -0.2) is 16.9 Å². The van der Waals surface area contributed by atoms with Crippen LogP contribution in [0, 0.1) is 6.92 Å². The van der Waals surface area contributed by atoms with Gasteiger partial charge < -0.3 is 15.8 Å². The van der Waals surface area contributed by atoms with Crippen LogP contribution in [0.5, 0.6) is 5.75 Å². The third-order valence-electron chi connectivity index (χ3n) is 3.23. The Kier molecular flexibility index (Phi) is 4.09. The zero-order chi connectivity index (χ0) is 14.9. The van der Waals surface area contributed by atoms with Crippen molar-refractivity contribution in [1.82, 2.24) is 9.78 Å². The van der Waals surface area contributed by atoms with Crippen LogP contribution in [0.25, 0.3) is 0 Å². The molecule has 2 rings (SSSR count). The fraction of sp³-hybridized carbons (Fsp3) is 0.357. The van der Waals surface area contributed by atoms with Gasteiger partial charge in [0.15, 0.2) is 5.82 Å². The van der Waals surface area contributed by atoms with Gasteiger partial charge in [0.05, 0.1) is 24.2 Å². The summed E-state index contributed by atoms with van der Waals surface area (Å²) in [5.74, 6) is 1.42. The molecule has 0 unspecified atom stereocenters. The number of nitrogen functional groups attached to an aromatic ring is 1. The number of rotatable bonds is 4. The van der Waals surface area contributed by atoms with Gasteiger partial charge in [0.1, 0.15) is 5.75 Å². The van der Waals surface area contributed by atoms with Crippen LogP contribution >= 0.6 is 11.6 Å². The van der Waals surface area contributed by atoms with Crippen molar-refractivity contribution in [2.45, 2.75) is 20.3 Å². The number of aryl methyl sites for hydroxylation is 3. The number of ether oxygens (including phenoxy) is 1. The number of benzene rings is 1. The summed E-state index contributed by atoms with van der Waals surface area (Å²) < 4.78 is 7.08. The number of methoxy groups -OCH3 is 1. The largest absolute Gasteiger partial charge is 0.495 e. The van der Waals surface area contributed by atoms with Gasteiger partial charge in [0, 0.05) is 18.1 Å². The molecule has 5 nitrogen and oxygen atoms in total. The van der Waals surface area contributed by atoms with Crippen molar-refractivity contribution in [2.75, 3.05) is 18.2 Å². The number of aromatic nitrogens is 2. The van der Waals surface area contributed by atoms with E-state index in [1.807, 2.05) is 27.0 Å². The number of nitrogens with zero attached hydrogens (tertiary/aromatic N) is 2. The van der Waals surface area contributed by atoms with E-state index in [1.165, 1.54) is 0 Å². The van der Waals surface area contributed by atoms with Gasteiger partial charge >= 0.3 is 0 Å². The van der Waals surface area contributed by atoms with Crippen LogP contribution in [-0.2, 0) is 13.5 Å². The van der Waals surface area contributed by atoms with Crippen LogP contribution in [0.4, 0.5) is 17.2 Å². The second kappa shape index (κ2) is 5.63. The van der Waals surface area contributed by atoms with E-state index >= 15 is 0 Å². The average molecular weight is 295 g/mol. The van der Waals surface area contributed by atoms with E-state index in [2.05, 4.69) is 10.4 Å². The number of nitrogens with one attached hydrogen (secondary N) is 1. The maximum absolute atomic E-state index is 6.11. The maximum Gasteiger partial charge on any atom is 0.152 e. The Morgan fingerprint density at radius 2 is 2.15 bits per heavy atom. The summed E-state index contributed by atoms with van der Waals surface area (Å²) in [6.07, 6.45) is 0.790. The monoisotopic (exact) mass is 294 g/mol. The molecule has 3 N–H and O–H groups in total. The highest BCUT2D eigenvalue weighted by Crippen LogP contribution is 2.35. The van der Waals surface area contributed by atoms with Crippen molar-refractivity contribution < 1.29 is 4.74 Å². The maximum atomic E-state index is 6.11. The Bertz CT molecular complexity index is 637. The molecule has 0 aliphatic carbocycles. The van der Waals surface area contributed by atoms with Crippen molar-refractivity contribution in [1.29, 1.82) is 0 Å². The summed E-state index contributed by atoms with van der Waals surface area (Å²) in [6.45, 7) is 3.96. The lowest BCUT2D eigenvalue weighted by atomic mass is 10.2. The van der Waals surface area contributed by atoms with E-state index in [4.69, 9.17) is 22.1 Å². The molecule has 2 aromatic rings. The standard InChI is InChI=1S/C14H19ClN4O/c1-5-10-13(16)14(19(3)18-10)17-11-6-8(2)9(15)7-12(11)20-4/h6-7,17H,5,16H2,1-4H3. The van der Waals surface area contributed by atoms with Crippen molar-refractivity contribution in [3.8, 4) is 5.75 Å². The van der Waals surface area contributed by atoms with Crippen LogP contribution in [0.3, 0.4) is 0 Å². The molecular formula is C14H19ClN4O. The third kappa shape index (κ3) is 2.54. The van der Waals surface area contributed by atoms with Gasteiger partial charge in [0.25, 0.3) is 0 Å². The summed E-state index contributed by atoms with van der Waals surface area (Å²) in [5, 5.41) is 8.32. The fourth-order valence-electron chi connectivity index (χ4n) is 2.06. The number of anilines is 3. The van der Waals surface area contributed by atoms with Crippen LogP contribution in [0.2, 0.25) is 5.02 Å². The van der Waals surface area contributed by atoms with Gasteiger partial charge in [-0.25, -0.2) is 0 Å². The normalized spacial score (nSPS) is 10.7. The lowest BCUT2D eigenvalue weighted by molar-refractivity contribution is 0.416. The number of nitrogens with two attached hydrogens (primary N) is 1. The minimum absolute atomic E-state index is 0.657. The molecule has 0 spiro atoms. The molecule has 20 heavy (non-hydrogen) atoms. The molecular weight excluding hydrogens is 276 g/mol. The predicted molar refractivity (Wildman–Crippen MR) is 83.0 cm³/mol. The van der Waals surface area contributed by atoms with Gasteiger partial charge in [0.2, 0.25) is 0 Å². The summed E-state index contributed by atoms with van der Waals surface area (Å²) in [7, 11) is 3.46. The third-order valence-corrected chi connectivity index (χ3v) is 3.64. The van der Waals surface area contributed by atoms with E-state index in [1.54, 1.807) is 17.9 Å². The van der Waals surface area contributed by atoms with E-state index in [-0.39, 0.29) is 0 Å². The number of halogens is 1. The summed E-state index contributed by atoms with van der Waals surface area (Å²) in [5.41, 5.74) is 9.42. The topological polar surface area (TPSA) is 65.1 Å². The Hall–Kier alpha value is -1.88. The number of hydrogen-bond donors (Lipinski definition) is 2. The molecule has 6 heteroatoms. The van der Waals surface area contributed by atoms with Crippen LogP contribution in [0.15, 0.2) is 12.1 Å². The van der Waals surface area contributed by atoms with Gasteiger partial charge in [-0.05, 0) is 25.0 Å². The van der Waals surface area contributed by atoms with Crippen LogP contribution < -0.4 is 15.8 Å². The Morgan fingerprint density at radius 3 is 2.70 bits per heavy atom. The lowest BCUT2D eigenvalue weighted by Gasteiger charge is -2.13. The molecule has 0 amide bonds. The molecule has 1 heterocycles. The molecule has 0 radical (unpaired) electrons. The van der Waals surface area contributed by atoms with Crippen molar-refractivity contribution in [3.05, 3.63) is 28.4 Å². The quantitative estimate of drug-likeness (QED) is 0.908. The summed E-state index contributed by atoms with van der Waals surface area (Å²) in [4.78, 5) is 0. The Balaban J connectivity index is 2.44. The fourth-order valence-corrected chi connectivity index (χ4v) is 2.22. The Morgan fingerprint density at radius 1 is 1.45 bits per heavy atom. The average Bonchev–Trinajstić information content (AvgIpc) is 2.69. The van der Waals surface area contributed by atoms with E-state index in [9.17, 15) is 0 Å². The summed E-state index contributed by atoms with van der Waals surface area (Å²) in [6, 6.07) is 3.71. The minimum atomic E-state index is 0.657. The molecule has 0 aliphatic rings. The molecule has 0 bridgehead atoms. The molecule has 0 saturated carbocycles. The predicted octanol–water partition coefficient (Wildman–Crippen LogP) is 3.28. The first-order valence-electron chi connectivity index (χ1n) is 6.40. The van der Waals surface area contributed by atoms with E-state index < -0.39 is 0 Å². The van der Waals surface area contributed by atoms with Gasteiger partial charge in [-0.2, -0.15) is 5.10 Å². The van der Waals surface area contributed by atoms with Crippen molar-refractivity contribution in [2.24, 2.45) is 7.05 Å². The second-order valence-corrected chi connectivity index (χ2v) is 5.02. The first-order valence-corrected chi connectivity index (χ1v) is 6.78. The van der Waals surface area contributed by atoms with Crippen LogP contribution in [0.1, 0.15) is 18.2 Å². The van der Waals surface area contributed by atoms with E-state index in [0.29, 0.717) is 16.5 Å². The van der Waals surface area contributed by atoms with Gasteiger partial charge in [-0.15, -0.1) is 0 Å². The number of hydrogen-bond acceptors (Lipinski definition) is 4.